The lowest BCUT2D eigenvalue weighted by molar-refractivity contribution is 0.286. The fourth-order valence-corrected chi connectivity index (χ4v) is 4.17. The molecule has 2 N–H and O–H groups in total. The van der Waals surface area contributed by atoms with Crippen molar-refractivity contribution in [1.29, 1.82) is 0 Å². The fourth-order valence-electron chi connectivity index (χ4n) is 2.70. The molecule has 0 radical (unpaired) electrons. The molecule has 0 heterocycles. The van der Waals surface area contributed by atoms with E-state index in [0.717, 1.165) is 25.7 Å². The lowest BCUT2D eigenvalue weighted by Crippen LogP contribution is -2.38. The van der Waals surface area contributed by atoms with Crippen LogP contribution in [0.3, 0.4) is 0 Å². The number of rotatable bonds is 5. The number of hydrogen-bond donors (Lipinski definition) is 1. The maximum Gasteiger partial charge on any atom is 0.243 e. The number of aliphatic imine (C=N–C) groups is 1. The summed E-state index contributed by atoms with van der Waals surface area (Å²) in [6.45, 7) is 0. The molecule has 7 heteroatoms. The summed E-state index contributed by atoms with van der Waals surface area (Å²) in [6.07, 6.45) is 5.25. The Labute approximate surface area is 137 Å². The Kier molecular flexibility index (Phi) is 5.83. The molecule has 0 amide bonds. The fraction of sp³-hybridized carbons (Fsp3) is 0.533. The molecular weight excluding hydrogens is 322 g/mol. The summed E-state index contributed by atoms with van der Waals surface area (Å²) in [6, 6.07) is 6.51. The zero-order chi connectivity index (χ0) is 16.2. The van der Waals surface area contributed by atoms with Crippen molar-refractivity contribution in [2.24, 2.45) is 10.7 Å². The molecule has 1 aliphatic carbocycles. The molecule has 1 aliphatic rings. The van der Waals surface area contributed by atoms with E-state index in [2.05, 4.69) is 4.99 Å². The monoisotopic (exact) mass is 343 g/mol. The minimum absolute atomic E-state index is 0.100. The molecule has 1 fully saturated rings. The van der Waals surface area contributed by atoms with E-state index >= 15 is 0 Å². The van der Waals surface area contributed by atoms with E-state index in [1.165, 1.54) is 10.7 Å². The van der Waals surface area contributed by atoms with Crippen LogP contribution in [0.15, 0.2) is 34.2 Å². The Morgan fingerprint density at radius 2 is 1.86 bits per heavy atom. The summed E-state index contributed by atoms with van der Waals surface area (Å²) in [5.41, 5.74) is 6.16. The van der Waals surface area contributed by atoms with E-state index in [1.54, 1.807) is 31.3 Å². The molecule has 5 nitrogen and oxygen atoms in total. The molecule has 0 atom stereocenters. The van der Waals surface area contributed by atoms with Crippen LogP contribution in [0.4, 0.5) is 5.69 Å². The van der Waals surface area contributed by atoms with Crippen molar-refractivity contribution in [2.45, 2.75) is 43.0 Å². The maximum atomic E-state index is 12.7. The van der Waals surface area contributed by atoms with Crippen LogP contribution in [0.1, 0.15) is 32.1 Å². The molecule has 0 aliphatic heterocycles. The minimum atomic E-state index is -3.46. The summed E-state index contributed by atoms with van der Waals surface area (Å²) in [5, 5.41) is 0. The quantitative estimate of drug-likeness (QED) is 0.507. The average molecular weight is 344 g/mol. The number of hydrogen-bond acceptors (Lipinski definition) is 3. The van der Waals surface area contributed by atoms with E-state index < -0.39 is 10.0 Å². The number of nitrogens with zero attached hydrogens (tertiary/aromatic N) is 2. The van der Waals surface area contributed by atoms with Crippen LogP contribution >= 0.6 is 11.6 Å². The van der Waals surface area contributed by atoms with Crippen molar-refractivity contribution in [3.63, 3.8) is 0 Å². The van der Waals surface area contributed by atoms with Crippen molar-refractivity contribution < 1.29 is 8.42 Å². The van der Waals surface area contributed by atoms with Gasteiger partial charge in [-0.2, -0.15) is 4.31 Å². The highest BCUT2D eigenvalue weighted by molar-refractivity contribution is 7.89. The van der Waals surface area contributed by atoms with Gasteiger partial charge in [0.05, 0.1) is 16.5 Å². The first-order valence-electron chi connectivity index (χ1n) is 7.42. The Morgan fingerprint density at radius 3 is 2.41 bits per heavy atom. The van der Waals surface area contributed by atoms with Gasteiger partial charge >= 0.3 is 0 Å². The first-order chi connectivity index (χ1) is 10.4. The van der Waals surface area contributed by atoms with Crippen molar-refractivity contribution in [1.82, 2.24) is 4.31 Å². The first-order valence-corrected chi connectivity index (χ1v) is 9.39. The second-order valence-corrected chi connectivity index (χ2v) is 7.81. The van der Waals surface area contributed by atoms with Crippen LogP contribution in [-0.2, 0) is 10.0 Å². The van der Waals surface area contributed by atoms with E-state index in [4.69, 9.17) is 17.3 Å². The third-order valence-corrected chi connectivity index (χ3v) is 6.21. The summed E-state index contributed by atoms with van der Waals surface area (Å²) in [7, 11) is -1.79. The molecular formula is C15H22ClN3O2S. The number of nitrogens with two attached hydrogens (primary N) is 1. The predicted molar refractivity (Wildman–Crippen MR) is 90.3 cm³/mol. The van der Waals surface area contributed by atoms with Gasteiger partial charge in [0, 0.05) is 13.1 Å². The van der Waals surface area contributed by atoms with Crippen LogP contribution in [0, 0.1) is 0 Å². The molecule has 0 spiro atoms. The van der Waals surface area contributed by atoms with Gasteiger partial charge in [-0.25, -0.2) is 13.4 Å². The Balaban J connectivity index is 2.18. The first kappa shape index (κ1) is 17.2. The molecule has 0 saturated heterocycles. The molecule has 1 aromatic carbocycles. The zero-order valence-corrected chi connectivity index (χ0v) is 14.3. The standard InChI is InChI=1S/C15H22ClN3O2S/c1-19(13-5-3-2-4-6-13)22(20,21)14-9-7-12(8-10-14)18-15(17)11-16/h7-10,13H,2-6,11H2,1H3,(H2,17,18). The summed E-state index contributed by atoms with van der Waals surface area (Å²) >= 11 is 5.57. The molecule has 22 heavy (non-hydrogen) atoms. The lowest BCUT2D eigenvalue weighted by Gasteiger charge is -2.30. The smallest absolute Gasteiger partial charge is 0.243 e. The second kappa shape index (κ2) is 7.44. The normalized spacial score (nSPS) is 17.9. The highest BCUT2D eigenvalue weighted by Crippen LogP contribution is 2.27. The summed E-state index contributed by atoms with van der Waals surface area (Å²) < 4.78 is 26.8. The van der Waals surface area contributed by atoms with Gasteiger partial charge in [-0.15, -0.1) is 11.6 Å². The summed E-state index contributed by atoms with van der Waals surface area (Å²) in [5.74, 6) is 0.446. The van der Waals surface area contributed by atoms with Crippen LogP contribution in [0.2, 0.25) is 0 Å². The second-order valence-electron chi connectivity index (χ2n) is 5.54. The van der Waals surface area contributed by atoms with E-state index in [1.807, 2.05) is 0 Å². The third kappa shape index (κ3) is 4.00. The van der Waals surface area contributed by atoms with Gasteiger partial charge in [0.1, 0.15) is 5.84 Å². The van der Waals surface area contributed by atoms with Gasteiger partial charge in [0.15, 0.2) is 0 Å². The summed E-state index contributed by atoms with van der Waals surface area (Å²) in [4.78, 5) is 4.37. The number of benzene rings is 1. The average Bonchev–Trinajstić information content (AvgIpc) is 2.55. The number of sulfonamides is 1. The molecule has 122 valence electrons. The van der Waals surface area contributed by atoms with E-state index in [9.17, 15) is 8.42 Å². The van der Waals surface area contributed by atoms with Crippen LogP contribution in [-0.4, -0.2) is 37.5 Å². The Hall–Kier alpha value is -1.11. The van der Waals surface area contributed by atoms with Crippen molar-refractivity contribution >= 4 is 33.1 Å². The highest BCUT2D eigenvalue weighted by atomic mass is 35.5. The molecule has 2 rings (SSSR count). The maximum absolute atomic E-state index is 12.7. The Morgan fingerprint density at radius 1 is 1.27 bits per heavy atom. The van der Waals surface area contributed by atoms with Gasteiger partial charge in [-0.05, 0) is 37.1 Å². The van der Waals surface area contributed by atoms with Crippen molar-refractivity contribution in [3.05, 3.63) is 24.3 Å². The largest absolute Gasteiger partial charge is 0.386 e. The van der Waals surface area contributed by atoms with Gasteiger partial charge in [0.25, 0.3) is 0 Å². The Bertz CT molecular complexity index is 623. The minimum Gasteiger partial charge on any atom is -0.386 e. The van der Waals surface area contributed by atoms with Crippen LogP contribution < -0.4 is 5.73 Å². The van der Waals surface area contributed by atoms with Crippen LogP contribution in [0.5, 0.6) is 0 Å². The third-order valence-electron chi connectivity index (χ3n) is 4.01. The van der Waals surface area contributed by atoms with Gasteiger partial charge in [0.2, 0.25) is 10.0 Å². The van der Waals surface area contributed by atoms with Crippen molar-refractivity contribution in [2.75, 3.05) is 12.9 Å². The van der Waals surface area contributed by atoms with E-state index in [0.29, 0.717) is 11.5 Å². The van der Waals surface area contributed by atoms with E-state index in [-0.39, 0.29) is 16.8 Å². The van der Waals surface area contributed by atoms with Crippen molar-refractivity contribution in [3.8, 4) is 0 Å². The number of halogens is 1. The van der Waals surface area contributed by atoms with Gasteiger partial charge in [-0.1, -0.05) is 19.3 Å². The molecule has 0 unspecified atom stereocenters. The molecule has 1 saturated carbocycles. The molecule has 0 bridgehead atoms. The topological polar surface area (TPSA) is 75.8 Å². The number of alkyl halides is 1. The number of amidine groups is 1. The molecule has 0 aromatic heterocycles. The predicted octanol–water partition coefficient (Wildman–Crippen LogP) is 2.87. The van der Waals surface area contributed by atoms with Gasteiger partial charge in [-0.3, -0.25) is 0 Å². The SMILES string of the molecule is CN(C1CCCCC1)S(=O)(=O)c1ccc(N=C(N)CCl)cc1. The highest BCUT2D eigenvalue weighted by Gasteiger charge is 2.28. The van der Waals surface area contributed by atoms with Gasteiger partial charge < -0.3 is 5.73 Å². The van der Waals surface area contributed by atoms with Crippen LogP contribution in [0.25, 0.3) is 0 Å². The molecule has 1 aromatic rings. The lowest BCUT2D eigenvalue weighted by atomic mass is 9.96. The zero-order valence-electron chi connectivity index (χ0n) is 12.7.